The van der Waals surface area contributed by atoms with Crippen molar-refractivity contribution in [1.29, 1.82) is 0 Å². The molecule has 0 unspecified atom stereocenters. The van der Waals surface area contributed by atoms with Crippen LogP contribution in [0, 0.1) is 0 Å². The first-order chi connectivity index (χ1) is 9.31. The van der Waals surface area contributed by atoms with Crippen molar-refractivity contribution < 1.29 is 9.84 Å². The molecule has 3 aromatic rings. The minimum Gasteiger partial charge on any atom is -0.508 e. The van der Waals surface area contributed by atoms with Gasteiger partial charge in [-0.05, 0) is 29.8 Å². The van der Waals surface area contributed by atoms with E-state index in [1.54, 1.807) is 18.3 Å². The average Bonchev–Trinajstić information content (AvgIpc) is 2.46. The summed E-state index contributed by atoms with van der Waals surface area (Å²) >= 11 is 0. The van der Waals surface area contributed by atoms with E-state index in [9.17, 15) is 5.11 Å². The number of nitrogens with zero attached hydrogens (tertiary/aromatic N) is 1. The number of benzene rings is 2. The Kier molecular flexibility index (Phi) is 3.02. The first kappa shape index (κ1) is 11.5. The van der Waals surface area contributed by atoms with Crippen molar-refractivity contribution in [2.45, 2.75) is 6.61 Å². The van der Waals surface area contributed by atoms with Gasteiger partial charge in [-0.25, -0.2) is 0 Å². The lowest BCUT2D eigenvalue weighted by Crippen LogP contribution is -1.95. The van der Waals surface area contributed by atoms with E-state index in [-0.39, 0.29) is 5.75 Å². The van der Waals surface area contributed by atoms with Crippen molar-refractivity contribution >= 4 is 10.9 Å². The molecule has 0 amide bonds. The number of hydrogen-bond donors (Lipinski definition) is 1. The van der Waals surface area contributed by atoms with Gasteiger partial charge in [0.15, 0.2) is 0 Å². The highest BCUT2D eigenvalue weighted by atomic mass is 16.5. The molecule has 19 heavy (non-hydrogen) atoms. The zero-order chi connectivity index (χ0) is 13.1. The molecule has 0 fully saturated rings. The molecule has 0 aliphatic rings. The Labute approximate surface area is 111 Å². The molecule has 1 N–H and O–H groups in total. The number of hydrogen-bond acceptors (Lipinski definition) is 3. The average molecular weight is 251 g/mol. The maximum Gasteiger partial charge on any atom is 0.138 e. The van der Waals surface area contributed by atoms with Gasteiger partial charge >= 0.3 is 0 Å². The quantitative estimate of drug-likeness (QED) is 0.774. The van der Waals surface area contributed by atoms with Crippen LogP contribution >= 0.6 is 0 Å². The van der Waals surface area contributed by atoms with Crippen LogP contribution in [-0.4, -0.2) is 10.1 Å². The van der Waals surface area contributed by atoms with Gasteiger partial charge in [-0.15, -0.1) is 0 Å². The molecule has 0 saturated carbocycles. The van der Waals surface area contributed by atoms with Crippen molar-refractivity contribution in [2.75, 3.05) is 0 Å². The molecule has 3 heteroatoms. The van der Waals surface area contributed by atoms with Gasteiger partial charge in [0.1, 0.15) is 18.1 Å². The monoisotopic (exact) mass is 251 g/mol. The summed E-state index contributed by atoms with van der Waals surface area (Å²) in [5.41, 5.74) is 1.96. The summed E-state index contributed by atoms with van der Waals surface area (Å²) in [5, 5.41) is 10.3. The highest BCUT2D eigenvalue weighted by molar-refractivity contribution is 5.79. The molecule has 0 bridgehead atoms. The van der Waals surface area contributed by atoms with E-state index in [1.165, 1.54) is 0 Å². The van der Waals surface area contributed by atoms with Crippen molar-refractivity contribution in [1.82, 2.24) is 4.98 Å². The number of ether oxygens (including phenoxy) is 1. The van der Waals surface area contributed by atoms with E-state index >= 15 is 0 Å². The van der Waals surface area contributed by atoms with Crippen LogP contribution in [0.1, 0.15) is 5.56 Å². The number of aromatic hydroxyl groups is 1. The third kappa shape index (κ3) is 2.65. The summed E-state index contributed by atoms with van der Waals surface area (Å²) < 4.78 is 5.70. The largest absolute Gasteiger partial charge is 0.508 e. The molecule has 3 nitrogen and oxygen atoms in total. The maximum absolute atomic E-state index is 9.21. The van der Waals surface area contributed by atoms with Crippen LogP contribution in [0.2, 0.25) is 0 Å². The normalized spacial score (nSPS) is 10.5. The Morgan fingerprint density at radius 1 is 1.00 bits per heavy atom. The lowest BCUT2D eigenvalue weighted by Gasteiger charge is -2.07. The Morgan fingerprint density at radius 3 is 2.63 bits per heavy atom. The molecule has 1 aromatic heterocycles. The fraction of sp³-hybridized carbons (Fsp3) is 0.0625. The molecule has 1 heterocycles. The molecule has 0 radical (unpaired) electrons. The van der Waals surface area contributed by atoms with Gasteiger partial charge in [-0.2, -0.15) is 0 Å². The Hall–Kier alpha value is -2.55. The molecule has 0 atom stereocenters. The number of phenols is 1. The van der Waals surface area contributed by atoms with E-state index in [0.717, 1.165) is 22.2 Å². The predicted molar refractivity (Wildman–Crippen MR) is 74.2 cm³/mol. The van der Waals surface area contributed by atoms with Gasteiger partial charge in [-0.3, -0.25) is 4.98 Å². The Morgan fingerprint density at radius 2 is 1.79 bits per heavy atom. The smallest absolute Gasteiger partial charge is 0.138 e. The molecule has 3 rings (SSSR count). The predicted octanol–water partition coefficient (Wildman–Crippen LogP) is 3.52. The lowest BCUT2D eigenvalue weighted by molar-refractivity contribution is 0.305. The van der Waals surface area contributed by atoms with Gasteiger partial charge in [0, 0.05) is 5.39 Å². The molecule has 0 aliphatic heterocycles. The lowest BCUT2D eigenvalue weighted by atomic mass is 10.2. The Balaban J connectivity index is 1.76. The number of pyridine rings is 1. The molecule has 94 valence electrons. The minimum atomic E-state index is 0.260. The third-order valence-corrected chi connectivity index (χ3v) is 2.91. The molecule has 0 saturated heterocycles. The van der Waals surface area contributed by atoms with Crippen molar-refractivity contribution in [2.24, 2.45) is 0 Å². The molecule has 0 spiro atoms. The van der Waals surface area contributed by atoms with Gasteiger partial charge in [0.2, 0.25) is 0 Å². The second-order valence-corrected chi connectivity index (χ2v) is 4.32. The summed E-state index contributed by atoms with van der Waals surface area (Å²) in [6.07, 6.45) is 1.72. The second-order valence-electron chi connectivity index (χ2n) is 4.32. The van der Waals surface area contributed by atoms with Crippen LogP contribution < -0.4 is 4.74 Å². The van der Waals surface area contributed by atoms with Gasteiger partial charge in [0.25, 0.3) is 0 Å². The van der Waals surface area contributed by atoms with E-state index < -0.39 is 0 Å². The highest BCUT2D eigenvalue weighted by Crippen LogP contribution is 2.19. The first-order valence-corrected chi connectivity index (χ1v) is 6.07. The molecular weight excluding hydrogens is 238 g/mol. The first-order valence-electron chi connectivity index (χ1n) is 6.07. The van der Waals surface area contributed by atoms with Crippen LogP contribution in [0.3, 0.4) is 0 Å². The zero-order valence-electron chi connectivity index (χ0n) is 10.3. The zero-order valence-corrected chi connectivity index (χ0v) is 10.3. The number of fused-ring (bicyclic) bond motifs is 1. The maximum atomic E-state index is 9.21. The standard InChI is InChI=1S/C16H13NO2/c18-14-7-5-12(6-8-14)11-19-15-9-13-3-1-2-4-16(13)17-10-15/h1-10,18H,11H2. The van der Waals surface area contributed by atoms with Gasteiger partial charge in [0.05, 0.1) is 11.7 Å². The fourth-order valence-corrected chi connectivity index (χ4v) is 1.89. The van der Waals surface area contributed by atoms with Gasteiger partial charge in [-0.1, -0.05) is 30.3 Å². The summed E-state index contributed by atoms with van der Waals surface area (Å²) in [4.78, 5) is 4.34. The van der Waals surface area contributed by atoms with Crippen LogP contribution in [0.15, 0.2) is 60.8 Å². The number of aromatic nitrogens is 1. The van der Waals surface area contributed by atoms with Crippen LogP contribution in [0.25, 0.3) is 10.9 Å². The highest BCUT2D eigenvalue weighted by Gasteiger charge is 1.99. The number of phenolic OH excluding ortho intramolecular Hbond substituents is 1. The third-order valence-electron chi connectivity index (χ3n) is 2.91. The van der Waals surface area contributed by atoms with E-state index in [0.29, 0.717) is 6.61 Å². The van der Waals surface area contributed by atoms with Crippen molar-refractivity contribution in [3.63, 3.8) is 0 Å². The van der Waals surface area contributed by atoms with Crippen LogP contribution in [-0.2, 0) is 6.61 Å². The molecule has 0 aliphatic carbocycles. The van der Waals surface area contributed by atoms with E-state index in [4.69, 9.17) is 4.74 Å². The molecular formula is C16H13NO2. The van der Waals surface area contributed by atoms with Crippen molar-refractivity contribution in [3.8, 4) is 11.5 Å². The summed E-state index contributed by atoms with van der Waals surface area (Å²) in [6, 6.07) is 16.9. The topological polar surface area (TPSA) is 42.4 Å². The van der Waals surface area contributed by atoms with E-state index in [1.807, 2.05) is 42.5 Å². The van der Waals surface area contributed by atoms with Crippen LogP contribution in [0.4, 0.5) is 0 Å². The molecule has 2 aromatic carbocycles. The summed E-state index contributed by atoms with van der Waals surface area (Å²) in [7, 11) is 0. The minimum absolute atomic E-state index is 0.260. The summed E-state index contributed by atoms with van der Waals surface area (Å²) in [5.74, 6) is 1.00. The van der Waals surface area contributed by atoms with Crippen LogP contribution in [0.5, 0.6) is 11.5 Å². The van der Waals surface area contributed by atoms with Gasteiger partial charge < -0.3 is 9.84 Å². The summed E-state index contributed by atoms with van der Waals surface area (Å²) in [6.45, 7) is 0.459. The fourth-order valence-electron chi connectivity index (χ4n) is 1.89. The second kappa shape index (κ2) is 4.98. The van der Waals surface area contributed by atoms with E-state index in [2.05, 4.69) is 4.98 Å². The van der Waals surface area contributed by atoms with Crippen molar-refractivity contribution in [3.05, 3.63) is 66.4 Å². The number of para-hydroxylation sites is 1. The SMILES string of the molecule is Oc1ccc(COc2cnc3ccccc3c2)cc1. The Bertz CT molecular complexity index is 692. The number of rotatable bonds is 3.